The van der Waals surface area contributed by atoms with Crippen molar-refractivity contribution >= 4 is 34.5 Å². The van der Waals surface area contributed by atoms with E-state index >= 15 is 0 Å². The first-order valence-electron chi connectivity index (χ1n) is 6.30. The summed E-state index contributed by atoms with van der Waals surface area (Å²) in [6.07, 6.45) is 2.30. The molecule has 18 heavy (non-hydrogen) atoms. The normalized spacial score (nSPS) is 14.0. The van der Waals surface area contributed by atoms with Crippen LogP contribution < -0.4 is 11.1 Å². The quantitative estimate of drug-likeness (QED) is 0.769. The van der Waals surface area contributed by atoms with E-state index in [1.807, 2.05) is 12.1 Å². The minimum atomic E-state index is 0.332. The van der Waals surface area contributed by atoms with Crippen LogP contribution in [-0.4, -0.2) is 11.0 Å². The average molecular weight is 285 g/mol. The van der Waals surface area contributed by atoms with Gasteiger partial charge in [0.2, 0.25) is 0 Å². The van der Waals surface area contributed by atoms with Crippen LogP contribution in [0.4, 0.5) is 5.69 Å². The molecule has 0 spiro atoms. The third-order valence-electron chi connectivity index (χ3n) is 3.11. The van der Waals surface area contributed by atoms with E-state index in [2.05, 4.69) is 26.1 Å². The van der Waals surface area contributed by atoms with Crippen molar-refractivity contribution in [2.24, 2.45) is 11.7 Å². The second-order valence-corrected chi connectivity index (χ2v) is 5.67. The van der Waals surface area contributed by atoms with Crippen molar-refractivity contribution in [1.29, 1.82) is 0 Å². The largest absolute Gasteiger partial charge is 0.389 e. The fraction of sp³-hybridized carbons (Fsp3) is 0.500. The standard InChI is InChI=1S/C14H21ClN2S/c1-4-9(2)8-10(3)17-12-7-5-6-11(15)13(12)14(16)18/h5-7,9-10,17H,4,8H2,1-3H3,(H2,16,18). The molecule has 100 valence electrons. The molecule has 1 aromatic carbocycles. The Kier molecular flexibility index (Phi) is 5.89. The summed E-state index contributed by atoms with van der Waals surface area (Å²) in [5.41, 5.74) is 7.39. The van der Waals surface area contributed by atoms with Crippen LogP contribution in [0.25, 0.3) is 0 Å². The number of nitrogens with one attached hydrogen (secondary N) is 1. The summed E-state index contributed by atoms with van der Waals surface area (Å²) in [7, 11) is 0. The zero-order valence-corrected chi connectivity index (χ0v) is 12.7. The zero-order valence-electron chi connectivity index (χ0n) is 11.2. The Morgan fingerprint density at radius 3 is 2.67 bits per heavy atom. The number of halogens is 1. The van der Waals surface area contributed by atoms with E-state index in [1.165, 1.54) is 6.42 Å². The minimum absolute atomic E-state index is 0.332. The SMILES string of the molecule is CCC(C)CC(C)Nc1cccc(Cl)c1C(N)=S. The number of thiocarbonyl (C=S) groups is 1. The predicted octanol–water partition coefficient (Wildman–Crippen LogP) is 4.21. The van der Waals surface area contributed by atoms with Crippen LogP contribution in [0.2, 0.25) is 5.02 Å². The molecule has 0 amide bonds. The highest BCUT2D eigenvalue weighted by atomic mass is 35.5. The van der Waals surface area contributed by atoms with Crippen molar-refractivity contribution in [1.82, 2.24) is 0 Å². The van der Waals surface area contributed by atoms with Gasteiger partial charge >= 0.3 is 0 Å². The molecule has 0 aliphatic heterocycles. The molecule has 1 rings (SSSR count). The summed E-state index contributed by atoms with van der Waals surface area (Å²) >= 11 is 11.2. The second-order valence-electron chi connectivity index (χ2n) is 4.82. The second kappa shape index (κ2) is 6.95. The van der Waals surface area contributed by atoms with E-state index in [4.69, 9.17) is 29.6 Å². The summed E-state index contributed by atoms with van der Waals surface area (Å²) in [6.45, 7) is 6.62. The van der Waals surface area contributed by atoms with E-state index in [1.54, 1.807) is 6.07 Å². The molecule has 0 saturated heterocycles. The van der Waals surface area contributed by atoms with Crippen LogP contribution in [-0.2, 0) is 0 Å². The van der Waals surface area contributed by atoms with Gasteiger partial charge in [-0.1, -0.05) is 50.2 Å². The fourth-order valence-corrected chi connectivity index (χ4v) is 2.54. The van der Waals surface area contributed by atoms with E-state index in [-0.39, 0.29) is 0 Å². The highest BCUT2D eigenvalue weighted by Crippen LogP contribution is 2.25. The fourth-order valence-electron chi connectivity index (χ4n) is 1.99. The van der Waals surface area contributed by atoms with Crippen LogP contribution >= 0.6 is 23.8 Å². The molecule has 0 bridgehead atoms. The number of anilines is 1. The first kappa shape index (κ1) is 15.3. The maximum absolute atomic E-state index is 6.13. The van der Waals surface area contributed by atoms with Crippen LogP contribution in [0.15, 0.2) is 18.2 Å². The summed E-state index contributed by atoms with van der Waals surface area (Å²) in [5, 5.41) is 4.05. The molecule has 0 aliphatic carbocycles. The number of rotatable bonds is 6. The van der Waals surface area contributed by atoms with Gasteiger partial charge in [0.15, 0.2) is 0 Å². The Labute approximate surface area is 120 Å². The Morgan fingerprint density at radius 2 is 2.11 bits per heavy atom. The van der Waals surface area contributed by atoms with Crippen molar-refractivity contribution in [2.45, 2.75) is 39.7 Å². The van der Waals surface area contributed by atoms with Gasteiger partial charge in [-0.3, -0.25) is 0 Å². The number of hydrogen-bond donors (Lipinski definition) is 2. The summed E-state index contributed by atoms with van der Waals surface area (Å²) in [4.78, 5) is 0.332. The molecule has 0 radical (unpaired) electrons. The highest BCUT2D eigenvalue weighted by Gasteiger charge is 2.13. The van der Waals surface area contributed by atoms with E-state index in [0.29, 0.717) is 22.0 Å². The number of nitrogens with two attached hydrogens (primary N) is 1. The topological polar surface area (TPSA) is 38.0 Å². The molecule has 4 heteroatoms. The van der Waals surface area contributed by atoms with Gasteiger partial charge in [-0.2, -0.15) is 0 Å². The van der Waals surface area contributed by atoms with E-state index < -0.39 is 0 Å². The first-order chi connectivity index (χ1) is 8.45. The highest BCUT2D eigenvalue weighted by molar-refractivity contribution is 7.80. The molecule has 0 fully saturated rings. The van der Waals surface area contributed by atoms with Gasteiger partial charge in [-0.25, -0.2) is 0 Å². The van der Waals surface area contributed by atoms with Gasteiger partial charge in [0.25, 0.3) is 0 Å². The molecular weight excluding hydrogens is 264 g/mol. The van der Waals surface area contributed by atoms with Crippen LogP contribution in [0.5, 0.6) is 0 Å². The van der Waals surface area contributed by atoms with Crippen molar-refractivity contribution in [2.75, 3.05) is 5.32 Å². The monoisotopic (exact) mass is 284 g/mol. The molecule has 2 unspecified atom stereocenters. The van der Waals surface area contributed by atoms with Crippen molar-refractivity contribution in [3.05, 3.63) is 28.8 Å². The first-order valence-corrected chi connectivity index (χ1v) is 7.09. The van der Waals surface area contributed by atoms with Crippen LogP contribution in [0.1, 0.15) is 39.2 Å². The van der Waals surface area contributed by atoms with E-state index in [9.17, 15) is 0 Å². The van der Waals surface area contributed by atoms with Crippen molar-refractivity contribution < 1.29 is 0 Å². The van der Waals surface area contributed by atoms with Gasteiger partial charge in [-0.15, -0.1) is 0 Å². The van der Waals surface area contributed by atoms with E-state index in [0.717, 1.165) is 17.7 Å². The lowest BCUT2D eigenvalue weighted by molar-refractivity contribution is 0.484. The summed E-state index contributed by atoms with van der Waals surface area (Å²) in [5.74, 6) is 0.694. The molecule has 0 aliphatic rings. The Balaban J connectivity index is 2.84. The van der Waals surface area contributed by atoms with Crippen molar-refractivity contribution in [3.63, 3.8) is 0 Å². The van der Waals surface area contributed by atoms with Gasteiger partial charge in [0.05, 0.1) is 10.6 Å². The third-order valence-corrected chi connectivity index (χ3v) is 3.63. The molecule has 0 saturated carbocycles. The maximum Gasteiger partial charge on any atom is 0.107 e. The molecule has 2 atom stereocenters. The Morgan fingerprint density at radius 1 is 1.44 bits per heavy atom. The molecule has 0 heterocycles. The molecule has 3 N–H and O–H groups in total. The predicted molar refractivity (Wildman–Crippen MR) is 84.5 cm³/mol. The lowest BCUT2D eigenvalue weighted by atomic mass is 10.00. The number of hydrogen-bond acceptors (Lipinski definition) is 2. The van der Waals surface area contributed by atoms with Gasteiger partial charge in [0, 0.05) is 11.7 Å². The van der Waals surface area contributed by atoms with Gasteiger partial charge < -0.3 is 11.1 Å². The minimum Gasteiger partial charge on any atom is -0.389 e. The summed E-state index contributed by atoms with van der Waals surface area (Å²) < 4.78 is 0. The molecule has 2 nitrogen and oxygen atoms in total. The molecule has 1 aromatic rings. The smallest absolute Gasteiger partial charge is 0.107 e. The lowest BCUT2D eigenvalue weighted by Gasteiger charge is -2.21. The summed E-state index contributed by atoms with van der Waals surface area (Å²) in [6, 6.07) is 6.04. The molecular formula is C14H21ClN2S. The average Bonchev–Trinajstić information content (AvgIpc) is 2.28. The molecule has 0 aromatic heterocycles. The van der Waals surface area contributed by atoms with Crippen molar-refractivity contribution in [3.8, 4) is 0 Å². The zero-order chi connectivity index (χ0) is 13.7. The lowest BCUT2D eigenvalue weighted by Crippen LogP contribution is -2.21. The Bertz CT molecular complexity index is 420. The maximum atomic E-state index is 6.13. The van der Waals surface area contributed by atoms with Crippen LogP contribution in [0, 0.1) is 5.92 Å². The van der Waals surface area contributed by atoms with Gasteiger partial charge in [-0.05, 0) is 31.4 Å². The Hall–Kier alpha value is -0.800. The third kappa shape index (κ3) is 4.14. The van der Waals surface area contributed by atoms with Crippen LogP contribution in [0.3, 0.4) is 0 Å². The number of benzene rings is 1. The van der Waals surface area contributed by atoms with Gasteiger partial charge in [0.1, 0.15) is 4.99 Å².